The summed E-state index contributed by atoms with van der Waals surface area (Å²) in [6.45, 7) is 0. The van der Waals surface area contributed by atoms with Crippen molar-refractivity contribution >= 4 is 21.6 Å². The van der Waals surface area contributed by atoms with Gasteiger partial charge in [-0.3, -0.25) is 0 Å². The van der Waals surface area contributed by atoms with E-state index in [9.17, 15) is 30.7 Å². The van der Waals surface area contributed by atoms with Crippen LogP contribution < -0.4 is 0 Å². The number of alkyl halides is 3. The third-order valence-corrected chi connectivity index (χ3v) is 2.95. The Kier molecular flexibility index (Phi) is 2.53. The van der Waals surface area contributed by atoms with Crippen molar-refractivity contribution in [1.29, 1.82) is 0 Å². The molecule has 2 rings (SSSR count). The van der Waals surface area contributed by atoms with Crippen LogP contribution in [-0.2, 0) is 6.18 Å². The molecule has 0 atom stereocenters. The van der Waals surface area contributed by atoms with Gasteiger partial charge in [0.25, 0.3) is 0 Å². The van der Waals surface area contributed by atoms with E-state index in [1.165, 1.54) is 0 Å². The zero-order valence-electron chi connectivity index (χ0n) is 7.50. The number of benzene rings is 1. The van der Waals surface area contributed by atoms with Gasteiger partial charge >= 0.3 is 6.18 Å². The minimum absolute atomic E-state index is 0.290. The van der Waals surface area contributed by atoms with E-state index in [4.69, 9.17) is 0 Å². The van der Waals surface area contributed by atoms with Crippen LogP contribution in [0.1, 0.15) is 5.01 Å². The number of halogens is 7. The van der Waals surface area contributed by atoms with Crippen molar-refractivity contribution in [3.05, 3.63) is 28.3 Å². The number of hydrogen-bond acceptors (Lipinski definition) is 2. The summed E-state index contributed by atoms with van der Waals surface area (Å²) in [5.74, 6) is -8.17. The Balaban J connectivity index is 2.86. The summed E-state index contributed by atoms with van der Waals surface area (Å²) in [5, 5.41) is -1.57. The number of thiazole rings is 1. The molecule has 0 saturated heterocycles. The summed E-state index contributed by atoms with van der Waals surface area (Å²) in [6.07, 6.45) is -4.94. The van der Waals surface area contributed by atoms with Gasteiger partial charge in [0.2, 0.25) is 0 Å². The number of nitrogens with zero attached hydrogens (tertiary/aromatic N) is 1. The molecule has 0 bridgehead atoms. The fraction of sp³-hybridized carbons (Fsp3) is 0.125. The zero-order valence-corrected chi connectivity index (χ0v) is 8.32. The topological polar surface area (TPSA) is 12.9 Å². The molecule has 0 N–H and O–H groups in total. The Morgan fingerprint density at radius 1 is 0.824 bits per heavy atom. The van der Waals surface area contributed by atoms with Crippen LogP contribution in [0.2, 0.25) is 0 Å². The molecular formula is C8F7NS. The van der Waals surface area contributed by atoms with E-state index in [0.717, 1.165) is 0 Å². The SMILES string of the molecule is Fc1c(F)c(F)c2sc(C(F)(F)F)nc2c1F. The highest BCUT2D eigenvalue weighted by Crippen LogP contribution is 2.38. The first-order valence-corrected chi connectivity index (χ1v) is 4.74. The van der Waals surface area contributed by atoms with Crippen LogP contribution in [-0.4, -0.2) is 4.98 Å². The fourth-order valence-corrected chi connectivity index (χ4v) is 1.99. The van der Waals surface area contributed by atoms with E-state index in [1.54, 1.807) is 0 Å². The molecular weight excluding hydrogens is 275 g/mol. The van der Waals surface area contributed by atoms with Crippen molar-refractivity contribution in [2.24, 2.45) is 0 Å². The Morgan fingerprint density at radius 3 is 1.88 bits per heavy atom. The van der Waals surface area contributed by atoms with Gasteiger partial charge in [-0.2, -0.15) is 13.2 Å². The Labute approximate surface area is 92.5 Å². The van der Waals surface area contributed by atoms with Crippen molar-refractivity contribution < 1.29 is 30.7 Å². The maximum Gasteiger partial charge on any atom is 0.443 e. The summed E-state index contributed by atoms with van der Waals surface area (Å²) < 4.78 is 87.2. The van der Waals surface area contributed by atoms with Crippen LogP contribution in [0, 0.1) is 23.3 Å². The molecule has 92 valence electrons. The van der Waals surface area contributed by atoms with Crippen LogP contribution in [0.3, 0.4) is 0 Å². The maximum absolute atomic E-state index is 13.1. The molecule has 1 heterocycles. The van der Waals surface area contributed by atoms with E-state index >= 15 is 0 Å². The molecule has 0 aliphatic heterocycles. The average molecular weight is 275 g/mol. The normalized spacial score (nSPS) is 12.4. The first-order chi connectivity index (χ1) is 7.73. The third-order valence-electron chi connectivity index (χ3n) is 1.86. The van der Waals surface area contributed by atoms with Crippen LogP contribution in [0.15, 0.2) is 0 Å². The van der Waals surface area contributed by atoms with Gasteiger partial charge in [-0.1, -0.05) is 0 Å². The molecule has 0 saturated carbocycles. The summed E-state index contributed by atoms with van der Waals surface area (Å²) in [4.78, 5) is 2.72. The van der Waals surface area contributed by atoms with Gasteiger partial charge < -0.3 is 0 Å². The molecule has 0 amide bonds. The summed E-state index contributed by atoms with van der Waals surface area (Å²) in [5.41, 5.74) is -1.17. The van der Waals surface area contributed by atoms with E-state index in [2.05, 4.69) is 4.98 Å². The molecule has 0 fully saturated rings. The minimum atomic E-state index is -4.94. The smallest absolute Gasteiger partial charge is 0.229 e. The van der Waals surface area contributed by atoms with Gasteiger partial charge in [0.15, 0.2) is 28.3 Å². The van der Waals surface area contributed by atoms with Crippen molar-refractivity contribution in [3.8, 4) is 0 Å². The predicted octanol–water partition coefficient (Wildman–Crippen LogP) is 3.87. The summed E-state index contributed by atoms with van der Waals surface area (Å²) in [6, 6.07) is 0. The van der Waals surface area contributed by atoms with Crippen LogP contribution in [0.5, 0.6) is 0 Å². The van der Waals surface area contributed by atoms with Crippen molar-refractivity contribution in [3.63, 3.8) is 0 Å². The Hall–Kier alpha value is -1.38. The minimum Gasteiger partial charge on any atom is -0.229 e. The van der Waals surface area contributed by atoms with Gasteiger partial charge in [-0.25, -0.2) is 22.5 Å². The van der Waals surface area contributed by atoms with Gasteiger partial charge in [-0.05, 0) is 0 Å². The number of hydrogen-bond donors (Lipinski definition) is 0. The molecule has 1 aromatic carbocycles. The van der Waals surface area contributed by atoms with Crippen molar-refractivity contribution in [2.75, 3.05) is 0 Å². The second-order valence-electron chi connectivity index (χ2n) is 2.95. The largest absolute Gasteiger partial charge is 0.443 e. The molecule has 0 aliphatic carbocycles. The Morgan fingerprint density at radius 2 is 1.35 bits per heavy atom. The lowest BCUT2D eigenvalue weighted by atomic mass is 10.3. The van der Waals surface area contributed by atoms with Crippen LogP contribution in [0.4, 0.5) is 30.7 Å². The van der Waals surface area contributed by atoms with Crippen LogP contribution >= 0.6 is 11.3 Å². The van der Waals surface area contributed by atoms with E-state index < -0.39 is 44.7 Å². The number of rotatable bonds is 0. The second-order valence-corrected chi connectivity index (χ2v) is 3.95. The molecule has 17 heavy (non-hydrogen) atoms. The predicted molar refractivity (Wildman–Crippen MR) is 44.5 cm³/mol. The van der Waals surface area contributed by atoms with Gasteiger partial charge in [0, 0.05) is 0 Å². The quantitative estimate of drug-likeness (QED) is 0.404. The highest BCUT2D eigenvalue weighted by molar-refractivity contribution is 7.18. The molecule has 9 heteroatoms. The zero-order chi connectivity index (χ0) is 13.0. The average Bonchev–Trinajstić information content (AvgIpc) is 2.67. The molecule has 0 unspecified atom stereocenters. The lowest BCUT2D eigenvalue weighted by molar-refractivity contribution is -0.137. The molecule has 2 aromatic rings. The van der Waals surface area contributed by atoms with Crippen LogP contribution in [0.25, 0.3) is 10.2 Å². The van der Waals surface area contributed by atoms with Gasteiger partial charge in [-0.15, -0.1) is 11.3 Å². The first kappa shape index (κ1) is 12.1. The first-order valence-electron chi connectivity index (χ1n) is 3.93. The Bertz CT molecular complexity index is 555. The lowest BCUT2D eigenvalue weighted by Gasteiger charge is -1.98. The number of fused-ring (bicyclic) bond motifs is 1. The molecule has 1 nitrogen and oxygen atoms in total. The molecule has 1 aromatic heterocycles. The highest BCUT2D eigenvalue weighted by atomic mass is 32.1. The number of aromatic nitrogens is 1. The third kappa shape index (κ3) is 1.74. The van der Waals surface area contributed by atoms with Crippen molar-refractivity contribution in [1.82, 2.24) is 4.98 Å². The van der Waals surface area contributed by atoms with Crippen molar-refractivity contribution in [2.45, 2.75) is 6.18 Å². The monoisotopic (exact) mass is 275 g/mol. The summed E-state index contributed by atoms with van der Waals surface area (Å²) in [7, 11) is 0. The van der Waals surface area contributed by atoms with Gasteiger partial charge in [0.1, 0.15) is 5.52 Å². The molecule has 0 aliphatic rings. The highest BCUT2D eigenvalue weighted by Gasteiger charge is 2.37. The second kappa shape index (κ2) is 3.56. The van der Waals surface area contributed by atoms with E-state index in [0.29, 0.717) is 0 Å². The van der Waals surface area contributed by atoms with E-state index in [1.807, 2.05) is 0 Å². The lowest BCUT2D eigenvalue weighted by Crippen LogP contribution is -2.03. The summed E-state index contributed by atoms with van der Waals surface area (Å²) >= 11 is -0.290. The molecule has 0 spiro atoms. The molecule has 0 radical (unpaired) electrons. The van der Waals surface area contributed by atoms with E-state index in [-0.39, 0.29) is 11.3 Å². The van der Waals surface area contributed by atoms with Gasteiger partial charge in [0.05, 0.1) is 4.70 Å². The standard InChI is InChI=1S/C8F7NS/c9-1-2(10)4(12)6-5(3(1)11)16-7(17-6)8(13,14)15. The fourth-order valence-electron chi connectivity index (χ4n) is 1.14. The maximum atomic E-state index is 13.1.